The number of carbonyl (C=O) groups is 2. The molecular formula is C2H2NNaO9Pb. The van der Waals surface area contributed by atoms with Gasteiger partial charge in [-0.15, -0.1) is 10.1 Å². The minimum absolute atomic E-state index is 0. The van der Waals surface area contributed by atoms with Crippen molar-refractivity contribution in [3.05, 3.63) is 10.1 Å². The Kier molecular flexibility index (Phi) is 47.9. The number of carboxylic acid groups (broad SMARTS) is 4. The van der Waals surface area contributed by atoms with E-state index in [4.69, 9.17) is 45.3 Å². The fraction of sp³-hybridized carbons (Fsp3) is 0. The van der Waals surface area contributed by atoms with E-state index in [0.29, 0.717) is 0 Å². The van der Waals surface area contributed by atoms with E-state index in [9.17, 15) is 0 Å². The maximum Gasteiger partial charge on any atom is 2.00 e. The van der Waals surface area contributed by atoms with Gasteiger partial charge in [0.2, 0.25) is 6.16 Å². The number of hydrogen-bond acceptors (Lipinski definition) is 7. The first-order valence-electron chi connectivity index (χ1n) is 1.81. The second-order valence-electron chi connectivity index (χ2n) is 0.754. The van der Waals surface area contributed by atoms with Crippen molar-refractivity contribution < 1.29 is 69.9 Å². The smallest absolute Gasteiger partial charge is 0.652 e. The van der Waals surface area contributed by atoms with E-state index in [0.717, 1.165) is 0 Å². The van der Waals surface area contributed by atoms with Crippen LogP contribution in [-0.4, -0.2) is 55.0 Å². The molecule has 0 rings (SSSR count). The molecule has 0 aliphatic carbocycles. The maximum atomic E-state index is 8.44. The molecule has 0 aliphatic rings. The Labute approximate surface area is 119 Å². The van der Waals surface area contributed by atoms with Crippen LogP contribution in [0.5, 0.6) is 0 Å². The molecule has 2 N–H and O–H groups in total. The van der Waals surface area contributed by atoms with E-state index in [1.165, 1.54) is 0 Å². The largest absolute Gasteiger partial charge is 2.00 e. The Morgan fingerprint density at radius 3 is 1.14 bits per heavy atom. The Morgan fingerprint density at radius 1 is 1.14 bits per heavy atom. The molecule has 74 valence electrons. The first kappa shape index (κ1) is 29.2. The van der Waals surface area contributed by atoms with Crippen LogP contribution < -0.4 is 44.9 Å². The molecule has 0 aromatic rings. The van der Waals surface area contributed by atoms with Gasteiger partial charge in [-0.3, -0.25) is 0 Å². The third-order valence-electron chi connectivity index (χ3n) is 0. The minimum atomic E-state index is -2.33. The second-order valence-corrected chi connectivity index (χ2v) is 0.754. The van der Waals surface area contributed by atoms with Gasteiger partial charge in [-0.1, -0.05) is 0 Å². The van der Waals surface area contributed by atoms with Gasteiger partial charge in [0.15, 0.2) is 0 Å². The molecule has 14 heavy (non-hydrogen) atoms. The molecule has 0 saturated carbocycles. The van der Waals surface area contributed by atoms with Crippen molar-refractivity contribution in [3.63, 3.8) is 0 Å². The molecule has 10 nitrogen and oxygen atoms in total. The SMILES string of the molecule is O=C([O-])O.O=C([O-])[O-].O=[N+]([O-])O.[Na+].[Pb+2]. The van der Waals surface area contributed by atoms with Crippen LogP contribution in [0.1, 0.15) is 0 Å². The molecule has 0 atom stereocenters. The summed E-state index contributed by atoms with van der Waals surface area (Å²) in [6, 6.07) is 0. The van der Waals surface area contributed by atoms with Crippen LogP contribution >= 0.6 is 0 Å². The van der Waals surface area contributed by atoms with E-state index < -0.39 is 17.4 Å². The Morgan fingerprint density at radius 2 is 1.14 bits per heavy atom. The molecule has 0 aromatic carbocycles. The van der Waals surface area contributed by atoms with Crippen molar-refractivity contribution in [1.82, 2.24) is 0 Å². The van der Waals surface area contributed by atoms with E-state index >= 15 is 0 Å². The number of carbonyl (C=O) groups excluding carboxylic acids is 1. The third kappa shape index (κ3) is 11600. The van der Waals surface area contributed by atoms with Gasteiger partial charge >= 0.3 is 56.9 Å². The summed E-state index contributed by atoms with van der Waals surface area (Å²) in [4.78, 5) is 25.1. The number of nitrogens with zero attached hydrogens (tertiary/aromatic N) is 1. The summed E-state index contributed by atoms with van der Waals surface area (Å²) in [7, 11) is 0. The summed E-state index contributed by atoms with van der Waals surface area (Å²) >= 11 is 0. The van der Waals surface area contributed by atoms with Gasteiger partial charge in [0.1, 0.15) is 0 Å². The maximum absolute atomic E-state index is 8.44. The molecule has 0 aliphatic heterocycles. The van der Waals surface area contributed by atoms with Gasteiger partial charge in [0.05, 0.1) is 0 Å². The molecule has 0 spiro atoms. The van der Waals surface area contributed by atoms with Crippen molar-refractivity contribution in [2.45, 2.75) is 0 Å². The van der Waals surface area contributed by atoms with E-state index in [2.05, 4.69) is 0 Å². The van der Waals surface area contributed by atoms with Gasteiger partial charge in [0.25, 0.3) is 5.09 Å². The zero-order valence-corrected chi connectivity index (χ0v) is 12.6. The average molecular weight is 414 g/mol. The first-order chi connectivity index (χ1) is 5.20. The van der Waals surface area contributed by atoms with Gasteiger partial charge in [-0.2, -0.15) is 0 Å². The third-order valence-corrected chi connectivity index (χ3v) is 0. The Hall–Kier alpha value is -0.338. The van der Waals surface area contributed by atoms with Crippen LogP contribution in [0.25, 0.3) is 0 Å². The van der Waals surface area contributed by atoms with Crippen LogP contribution in [0.15, 0.2) is 0 Å². The summed E-state index contributed by atoms with van der Waals surface area (Å²) in [6.07, 6.45) is -4.42. The summed E-state index contributed by atoms with van der Waals surface area (Å²) in [6.45, 7) is 0. The molecule has 0 amide bonds. The monoisotopic (exact) mass is 415 g/mol. The normalized spacial score (nSPS) is 5.14. The Balaban J connectivity index is -0.0000000270. The van der Waals surface area contributed by atoms with Crippen molar-refractivity contribution >= 4 is 39.6 Å². The van der Waals surface area contributed by atoms with Gasteiger partial charge < -0.3 is 35.2 Å². The zero-order chi connectivity index (χ0) is 10.7. The van der Waals surface area contributed by atoms with Crippen LogP contribution in [0.4, 0.5) is 9.59 Å². The van der Waals surface area contributed by atoms with Crippen molar-refractivity contribution in [1.29, 1.82) is 0 Å². The zero-order valence-electron chi connectivity index (χ0n) is 6.70. The fourth-order valence-corrected chi connectivity index (χ4v) is 0. The molecule has 0 heterocycles. The second kappa shape index (κ2) is 23.0. The molecule has 0 unspecified atom stereocenters. The van der Waals surface area contributed by atoms with E-state index in [1.54, 1.807) is 0 Å². The van der Waals surface area contributed by atoms with Crippen LogP contribution in [0.2, 0.25) is 0 Å². The predicted molar refractivity (Wildman–Crippen MR) is 28.0 cm³/mol. The van der Waals surface area contributed by atoms with Crippen LogP contribution in [-0.2, 0) is 0 Å². The van der Waals surface area contributed by atoms with Gasteiger partial charge in [-0.05, 0) is 6.16 Å². The molecular weight excluding hydrogens is 412 g/mol. The molecule has 0 aromatic heterocycles. The van der Waals surface area contributed by atoms with E-state index in [-0.39, 0.29) is 56.9 Å². The molecule has 0 saturated heterocycles. The molecule has 12 heteroatoms. The van der Waals surface area contributed by atoms with Crippen molar-refractivity contribution in [3.8, 4) is 0 Å². The summed E-state index contributed by atoms with van der Waals surface area (Å²) in [5.41, 5.74) is 0. The molecule has 0 bridgehead atoms. The summed E-state index contributed by atoms with van der Waals surface area (Å²) in [5.74, 6) is 0. The van der Waals surface area contributed by atoms with Crippen molar-refractivity contribution in [2.24, 2.45) is 0 Å². The van der Waals surface area contributed by atoms with Crippen LogP contribution in [0, 0.1) is 10.1 Å². The fourth-order valence-electron chi connectivity index (χ4n) is 0. The summed E-state index contributed by atoms with van der Waals surface area (Å²) < 4.78 is 0. The summed E-state index contributed by atoms with van der Waals surface area (Å²) in [5, 5.41) is 45.6. The molecule has 2 radical (unpaired) electrons. The standard InChI is InChI=1S/2CH2O3.HNO3.Na.Pb/c3*2-1(3)4;;/h2*(H2,2,3,4);(H,2,3,4);;/q;;;+1;+2/p-3. The predicted octanol–water partition coefficient (Wildman–Crippen LogP) is -7.28. The Bertz CT molecular complexity index is 120. The van der Waals surface area contributed by atoms with Crippen molar-refractivity contribution in [2.75, 3.05) is 0 Å². The van der Waals surface area contributed by atoms with E-state index in [1.807, 2.05) is 0 Å². The van der Waals surface area contributed by atoms with Gasteiger partial charge in [-0.25, -0.2) is 0 Å². The number of rotatable bonds is 0. The quantitative estimate of drug-likeness (QED) is 0.220. The average Bonchev–Trinajstić information content (AvgIpc) is 1.54. The minimum Gasteiger partial charge on any atom is -0.652 e. The number of hydrogen-bond donors (Lipinski definition) is 2. The van der Waals surface area contributed by atoms with Crippen LogP contribution in [0.3, 0.4) is 0 Å². The molecule has 0 fully saturated rings. The van der Waals surface area contributed by atoms with Gasteiger partial charge in [0, 0.05) is 0 Å². The first-order valence-corrected chi connectivity index (χ1v) is 1.81. The topological polar surface area (TPSA) is 187 Å².